The highest BCUT2D eigenvalue weighted by Gasteiger charge is 2.07. The van der Waals surface area contributed by atoms with Crippen LogP contribution in [0.25, 0.3) is 0 Å². The highest BCUT2D eigenvalue weighted by Crippen LogP contribution is 2.05. The van der Waals surface area contributed by atoms with E-state index in [-0.39, 0.29) is 12.0 Å². The Bertz CT molecular complexity index is 334. The van der Waals surface area contributed by atoms with Gasteiger partial charge in [0, 0.05) is 19.6 Å². The van der Waals surface area contributed by atoms with Gasteiger partial charge in [-0.25, -0.2) is 0 Å². The molecule has 1 rings (SSSR count). The highest BCUT2D eigenvalue weighted by atomic mass is 16.3. The van der Waals surface area contributed by atoms with Gasteiger partial charge in [-0.1, -0.05) is 0 Å². The topological polar surface area (TPSA) is 74.5 Å². The fourth-order valence-electron chi connectivity index (χ4n) is 1.24. The first kappa shape index (κ1) is 12.7. The molecule has 1 unspecified atom stereocenters. The Morgan fingerprint density at radius 1 is 1.56 bits per heavy atom. The van der Waals surface area contributed by atoms with Crippen molar-refractivity contribution in [2.24, 2.45) is 0 Å². The second kappa shape index (κ2) is 6.30. The SMILES string of the molecule is Cc1cc(C(=O)NCCNCC(C)O)co1. The van der Waals surface area contributed by atoms with Crippen molar-refractivity contribution >= 4 is 5.91 Å². The molecule has 16 heavy (non-hydrogen) atoms. The Hall–Kier alpha value is -1.33. The summed E-state index contributed by atoms with van der Waals surface area (Å²) in [5.41, 5.74) is 0.535. The summed E-state index contributed by atoms with van der Waals surface area (Å²) < 4.78 is 5.04. The quantitative estimate of drug-likeness (QED) is 0.609. The molecule has 0 radical (unpaired) electrons. The average Bonchev–Trinajstić information content (AvgIpc) is 2.63. The fourth-order valence-corrected chi connectivity index (χ4v) is 1.24. The molecule has 1 aromatic heterocycles. The van der Waals surface area contributed by atoms with E-state index < -0.39 is 0 Å². The molecule has 3 N–H and O–H groups in total. The van der Waals surface area contributed by atoms with E-state index in [0.29, 0.717) is 25.2 Å². The van der Waals surface area contributed by atoms with E-state index in [1.807, 2.05) is 0 Å². The smallest absolute Gasteiger partial charge is 0.254 e. The van der Waals surface area contributed by atoms with Gasteiger partial charge in [0.2, 0.25) is 0 Å². The lowest BCUT2D eigenvalue weighted by molar-refractivity contribution is 0.0953. The van der Waals surface area contributed by atoms with Gasteiger partial charge in [0.25, 0.3) is 5.91 Å². The maximum Gasteiger partial charge on any atom is 0.254 e. The minimum Gasteiger partial charge on any atom is -0.469 e. The van der Waals surface area contributed by atoms with Crippen molar-refractivity contribution in [2.75, 3.05) is 19.6 Å². The molecular weight excluding hydrogens is 208 g/mol. The predicted octanol–water partition coefficient (Wildman–Crippen LogP) is 0.288. The average molecular weight is 226 g/mol. The number of hydrogen-bond donors (Lipinski definition) is 3. The van der Waals surface area contributed by atoms with E-state index in [0.717, 1.165) is 5.76 Å². The van der Waals surface area contributed by atoms with Crippen LogP contribution in [0.4, 0.5) is 0 Å². The molecule has 0 aliphatic carbocycles. The molecule has 0 saturated carbocycles. The maximum atomic E-state index is 11.5. The van der Waals surface area contributed by atoms with E-state index in [4.69, 9.17) is 9.52 Å². The first-order chi connectivity index (χ1) is 7.59. The first-order valence-electron chi connectivity index (χ1n) is 5.31. The molecule has 0 aliphatic heterocycles. The van der Waals surface area contributed by atoms with Gasteiger partial charge in [0.15, 0.2) is 0 Å². The number of carbonyl (C=O) groups excluding carboxylic acids is 1. The number of aliphatic hydroxyl groups excluding tert-OH is 1. The summed E-state index contributed by atoms with van der Waals surface area (Å²) in [6, 6.07) is 1.69. The molecule has 1 amide bonds. The van der Waals surface area contributed by atoms with Gasteiger partial charge in [-0.2, -0.15) is 0 Å². The molecule has 0 fully saturated rings. The van der Waals surface area contributed by atoms with Crippen LogP contribution >= 0.6 is 0 Å². The van der Waals surface area contributed by atoms with Crippen molar-refractivity contribution < 1.29 is 14.3 Å². The van der Waals surface area contributed by atoms with E-state index in [2.05, 4.69) is 10.6 Å². The van der Waals surface area contributed by atoms with E-state index in [1.54, 1.807) is 19.9 Å². The second-order valence-electron chi connectivity index (χ2n) is 3.76. The van der Waals surface area contributed by atoms with Gasteiger partial charge in [0.05, 0.1) is 11.7 Å². The monoisotopic (exact) mass is 226 g/mol. The number of aryl methyl sites for hydroxylation is 1. The number of hydrogen-bond acceptors (Lipinski definition) is 4. The predicted molar refractivity (Wildman–Crippen MR) is 60.3 cm³/mol. The fraction of sp³-hybridized carbons (Fsp3) is 0.545. The normalized spacial score (nSPS) is 12.4. The molecule has 0 aromatic carbocycles. The van der Waals surface area contributed by atoms with Crippen LogP contribution in [0.2, 0.25) is 0 Å². The van der Waals surface area contributed by atoms with Crippen molar-refractivity contribution in [3.05, 3.63) is 23.7 Å². The van der Waals surface area contributed by atoms with E-state index in [9.17, 15) is 4.79 Å². The zero-order valence-electron chi connectivity index (χ0n) is 9.62. The Balaban J connectivity index is 2.16. The van der Waals surface area contributed by atoms with Gasteiger partial charge in [-0.05, 0) is 19.9 Å². The van der Waals surface area contributed by atoms with Crippen LogP contribution in [0.3, 0.4) is 0 Å². The summed E-state index contributed by atoms with van der Waals surface area (Å²) in [7, 11) is 0. The summed E-state index contributed by atoms with van der Waals surface area (Å²) in [4.78, 5) is 11.5. The Morgan fingerprint density at radius 2 is 2.31 bits per heavy atom. The third-order valence-electron chi connectivity index (χ3n) is 2.02. The van der Waals surface area contributed by atoms with Gasteiger partial charge >= 0.3 is 0 Å². The highest BCUT2D eigenvalue weighted by molar-refractivity contribution is 5.93. The second-order valence-corrected chi connectivity index (χ2v) is 3.76. The molecule has 0 spiro atoms. The number of amides is 1. The third kappa shape index (κ3) is 4.46. The number of aliphatic hydroxyl groups is 1. The summed E-state index contributed by atoms with van der Waals surface area (Å²) >= 11 is 0. The molecular formula is C11H18N2O3. The van der Waals surface area contributed by atoms with Crippen molar-refractivity contribution in [1.29, 1.82) is 0 Å². The standard InChI is InChI=1S/C11H18N2O3/c1-8(14)6-12-3-4-13-11(15)10-5-9(2)16-7-10/h5,7-8,12,14H,3-4,6H2,1-2H3,(H,13,15). The molecule has 90 valence electrons. The first-order valence-corrected chi connectivity index (χ1v) is 5.31. The summed E-state index contributed by atoms with van der Waals surface area (Å²) in [5, 5.41) is 14.7. The summed E-state index contributed by atoms with van der Waals surface area (Å²) in [6.45, 7) is 5.19. The number of nitrogens with one attached hydrogen (secondary N) is 2. The van der Waals surface area contributed by atoms with Gasteiger partial charge < -0.3 is 20.2 Å². The number of rotatable bonds is 6. The Morgan fingerprint density at radius 3 is 2.88 bits per heavy atom. The van der Waals surface area contributed by atoms with E-state index in [1.165, 1.54) is 6.26 Å². The third-order valence-corrected chi connectivity index (χ3v) is 2.02. The van der Waals surface area contributed by atoms with Crippen LogP contribution in [-0.4, -0.2) is 36.8 Å². The summed E-state index contributed by atoms with van der Waals surface area (Å²) in [5.74, 6) is 0.577. The van der Waals surface area contributed by atoms with Crippen molar-refractivity contribution in [2.45, 2.75) is 20.0 Å². The zero-order valence-corrected chi connectivity index (χ0v) is 9.62. The lowest BCUT2D eigenvalue weighted by atomic mass is 10.3. The van der Waals surface area contributed by atoms with Crippen LogP contribution < -0.4 is 10.6 Å². The zero-order chi connectivity index (χ0) is 12.0. The molecule has 0 bridgehead atoms. The molecule has 5 heteroatoms. The van der Waals surface area contributed by atoms with Crippen molar-refractivity contribution in [3.63, 3.8) is 0 Å². The van der Waals surface area contributed by atoms with Crippen LogP contribution in [-0.2, 0) is 0 Å². The molecule has 1 heterocycles. The van der Waals surface area contributed by atoms with Crippen molar-refractivity contribution in [1.82, 2.24) is 10.6 Å². The van der Waals surface area contributed by atoms with Crippen LogP contribution in [0, 0.1) is 6.92 Å². The largest absolute Gasteiger partial charge is 0.469 e. The molecule has 1 aromatic rings. The summed E-state index contributed by atoms with van der Waals surface area (Å²) in [6.07, 6.45) is 1.07. The van der Waals surface area contributed by atoms with Gasteiger partial charge in [-0.15, -0.1) is 0 Å². The molecule has 0 saturated heterocycles. The van der Waals surface area contributed by atoms with Gasteiger partial charge in [0.1, 0.15) is 12.0 Å². The lowest BCUT2D eigenvalue weighted by Gasteiger charge is -2.07. The Labute approximate surface area is 94.8 Å². The van der Waals surface area contributed by atoms with Gasteiger partial charge in [-0.3, -0.25) is 4.79 Å². The van der Waals surface area contributed by atoms with Crippen LogP contribution in [0.5, 0.6) is 0 Å². The van der Waals surface area contributed by atoms with E-state index >= 15 is 0 Å². The molecule has 5 nitrogen and oxygen atoms in total. The minimum atomic E-state index is -0.368. The maximum absolute atomic E-state index is 11.5. The lowest BCUT2D eigenvalue weighted by Crippen LogP contribution is -2.34. The molecule has 0 aliphatic rings. The number of carbonyl (C=O) groups is 1. The minimum absolute atomic E-state index is 0.143. The number of furan rings is 1. The van der Waals surface area contributed by atoms with Crippen LogP contribution in [0.1, 0.15) is 23.0 Å². The Kier molecular flexibility index (Phi) is 5.01. The molecule has 1 atom stereocenters. The van der Waals surface area contributed by atoms with Crippen molar-refractivity contribution in [3.8, 4) is 0 Å². The van der Waals surface area contributed by atoms with Crippen LogP contribution in [0.15, 0.2) is 16.7 Å².